The SMILES string of the molecule is CCCC(O)C(CC)N1CCN(C)C(C)C1. The summed E-state index contributed by atoms with van der Waals surface area (Å²) in [6, 6.07) is 0.965. The van der Waals surface area contributed by atoms with E-state index in [1.807, 2.05) is 0 Å². The van der Waals surface area contributed by atoms with E-state index in [4.69, 9.17) is 0 Å². The van der Waals surface area contributed by atoms with Gasteiger partial charge in [-0.3, -0.25) is 4.90 Å². The molecule has 3 atom stereocenters. The summed E-state index contributed by atoms with van der Waals surface area (Å²) in [7, 11) is 2.19. The van der Waals surface area contributed by atoms with Crippen molar-refractivity contribution in [2.45, 2.75) is 58.2 Å². The first kappa shape index (κ1) is 13.9. The van der Waals surface area contributed by atoms with Crippen molar-refractivity contribution in [2.75, 3.05) is 26.7 Å². The maximum atomic E-state index is 10.2. The van der Waals surface area contributed by atoms with E-state index in [0.29, 0.717) is 12.1 Å². The topological polar surface area (TPSA) is 26.7 Å². The molecular weight excluding hydrogens is 200 g/mol. The fourth-order valence-electron chi connectivity index (χ4n) is 2.64. The summed E-state index contributed by atoms with van der Waals surface area (Å²) in [5, 5.41) is 10.2. The number of piperazine rings is 1. The van der Waals surface area contributed by atoms with Crippen molar-refractivity contribution in [2.24, 2.45) is 0 Å². The average Bonchev–Trinajstić information content (AvgIpc) is 2.25. The van der Waals surface area contributed by atoms with Gasteiger partial charge in [0.25, 0.3) is 0 Å². The molecule has 0 aliphatic carbocycles. The van der Waals surface area contributed by atoms with Crippen LogP contribution in [0.15, 0.2) is 0 Å². The van der Waals surface area contributed by atoms with Crippen LogP contribution >= 0.6 is 0 Å². The maximum Gasteiger partial charge on any atom is 0.0695 e. The third-order valence-electron chi connectivity index (χ3n) is 3.91. The predicted molar refractivity (Wildman–Crippen MR) is 68.7 cm³/mol. The first-order valence-electron chi connectivity index (χ1n) is 6.72. The van der Waals surface area contributed by atoms with Crippen molar-refractivity contribution >= 4 is 0 Å². The minimum Gasteiger partial charge on any atom is -0.391 e. The maximum absolute atomic E-state index is 10.2. The van der Waals surface area contributed by atoms with Crippen LogP contribution in [0.2, 0.25) is 0 Å². The van der Waals surface area contributed by atoms with Gasteiger partial charge in [0.05, 0.1) is 6.10 Å². The van der Waals surface area contributed by atoms with Crippen LogP contribution in [-0.4, -0.2) is 59.8 Å². The lowest BCUT2D eigenvalue weighted by Gasteiger charge is -2.43. The Hall–Kier alpha value is -0.120. The third-order valence-corrected chi connectivity index (χ3v) is 3.91. The molecule has 1 heterocycles. The molecule has 0 spiro atoms. The average molecular weight is 228 g/mol. The summed E-state index contributed by atoms with van der Waals surface area (Å²) in [6.45, 7) is 9.91. The van der Waals surface area contributed by atoms with Crippen LogP contribution in [0, 0.1) is 0 Å². The van der Waals surface area contributed by atoms with Crippen LogP contribution in [0.3, 0.4) is 0 Å². The standard InChI is InChI=1S/C13H28N2O/c1-5-7-13(16)12(6-2)15-9-8-14(4)11(3)10-15/h11-13,16H,5-10H2,1-4H3. The Labute approximate surface area is 100 Å². The van der Waals surface area contributed by atoms with E-state index >= 15 is 0 Å². The number of aliphatic hydroxyl groups is 1. The number of hydrogen-bond donors (Lipinski definition) is 1. The van der Waals surface area contributed by atoms with Crippen molar-refractivity contribution in [1.29, 1.82) is 0 Å². The first-order chi connectivity index (χ1) is 7.60. The Balaban J connectivity index is 2.53. The van der Waals surface area contributed by atoms with Gasteiger partial charge in [-0.05, 0) is 26.8 Å². The highest BCUT2D eigenvalue weighted by Crippen LogP contribution is 2.17. The van der Waals surface area contributed by atoms with Gasteiger partial charge in [-0.1, -0.05) is 20.3 Å². The van der Waals surface area contributed by atoms with Gasteiger partial charge in [-0.2, -0.15) is 0 Å². The summed E-state index contributed by atoms with van der Waals surface area (Å²) in [6.07, 6.45) is 2.91. The molecule has 96 valence electrons. The zero-order valence-electron chi connectivity index (χ0n) is 11.3. The van der Waals surface area contributed by atoms with Crippen molar-refractivity contribution in [3.63, 3.8) is 0 Å². The lowest BCUT2D eigenvalue weighted by atomic mass is 10.0. The molecule has 0 radical (unpaired) electrons. The fourth-order valence-corrected chi connectivity index (χ4v) is 2.64. The Morgan fingerprint density at radius 2 is 2.00 bits per heavy atom. The van der Waals surface area contributed by atoms with Gasteiger partial charge in [-0.15, -0.1) is 0 Å². The second kappa shape index (κ2) is 6.58. The molecule has 1 aliphatic rings. The molecule has 0 aromatic carbocycles. The molecule has 1 N–H and O–H groups in total. The minimum atomic E-state index is -0.148. The van der Waals surface area contributed by atoms with E-state index < -0.39 is 0 Å². The van der Waals surface area contributed by atoms with E-state index in [1.165, 1.54) is 0 Å². The van der Waals surface area contributed by atoms with E-state index in [0.717, 1.165) is 38.9 Å². The van der Waals surface area contributed by atoms with Gasteiger partial charge in [-0.25, -0.2) is 0 Å². The lowest BCUT2D eigenvalue weighted by Crippen LogP contribution is -2.56. The molecule has 1 aliphatic heterocycles. The largest absolute Gasteiger partial charge is 0.391 e. The number of nitrogens with zero attached hydrogens (tertiary/aromatic N) is 2. The molecule has 0 aromatic heterocycles. The Kier molecular flexibility index (Phi) is 5.73. The summed E-state index contributed by atoms with van der Waals surface area (Å²) >= 11 is 0. The molecule has 0 amide bonds. The van der Waals surface area contributed by atoms with Crippen LogP contribution in [0.4, 0.5) is 0 Å². The van der Waals surface area contributed by atoms with E-state index in [9.17, 15) is 5.11 Å². The second-order valence-corrected chi connectivity index (χ2v) is 5.16. The molecule has 0 aromatic rings. The number of rotatable bonds is 5. The molecule has 3 unspecified atom stereocenters. The lowest BCUT2D eigenvalue weighted by molar-refractivity contribution is 0.00168. The first-order valence-corrected chi connectivity index (χ1v) is 6.72. The van der Waals surface area contributed by atoms with Crippen LogP contribution in [0.5, 0.6) is 0 Å². The van der Waals surface area contributed by atoms with Crippen molar-refractivity contribution < 1.29 is 5.11 Å². The molecular formula is C13H28N2O. The number of aliphatic hydroxyl groups excluding tert-OH is 1. The minimum absolute atomic E-state index is 0.148. The van der Waals surface area contributed by atoms with Crippen molar-refractivity contribution in [3.05, 3.63) is 0 Å². The molecule has 0 saturated carbocycles. The van der Waals surface area contributed by atoms with Gasteiger partial charge < -0.3 is 10.0 Å². The molecule has 1 fully saturated rings. The normalized spacial score (nSPS) is 27.9. The molecule has 0 bridgehead atoms. The third kappa shape index (κ3) is 3.44. The van der Waals surface area contributed by atoms with Crippen LogP contribution in [-0.2, 0) is 0 Å². The highest BCUT2D eigenvalue weighted by atomic mass is 16.3. The highest BCUT2D eigenvalue weighted by Gasteiger charge is 2.29. The van der Waals surface area contributed by atoms with E-state index in [-0.39, 0.29) is 6.10 Å². The number of hydrogen-bond acceptors (Lipinski definition) is 3. The number of likely N-dealkylation sites (N-methyl/N-ethyl adjacent to an activating group) is 1. The monoisotopic (exact) mass is 228 g/mol. The molecule has 1 saturated heterocycles. The molecule has 3 heteroatoms. The zero-order valence-corrected chi connectivity index (χ0v) is 11.3. The van der Waals surface area contributed by atoms with E-state index in [1.54, 1.807) is 0 Å². The van der Waals surface area contributed by atoms with Gasteiger partial charge in [0, 0.05) is 31.7 Å². The summed E-state index contributed by atoms with van der Waals surface area (Å²) in [5.74, 6) is 0. The van der Waals surface area contributed by atoms with Crippen molar-refractivity contribution in [3.8, 4) is 0 Å². The highest BCUT2D eigenvalue weighted by molar-refractivity contribution is 4.84. The van der Waals surface area contributed by atoms with Crippen molar-refractivity contribution in [1.82, 2.24) is 9.80 Å². The quantitative estimate of drug-likeness (QED) is 0.773. The summed E-state index contributed by atoms with van der Waals surface area (Å²) in [4.78, 5) is 4.88. The van der Waals surface area contributed by atoms with Crippen LogP contribution in [0.1, 0.15) is 40.0 Å². The smallest absolute Gasteiger partial charge is 0.0695 e. The summed E-state index contributed by atoms with van der Waals surface area (Å²) in [5.41, 5.74) is 0. The van der Waals surface area contributed by atoms with Gasteiger partial charge >= 0.3 is 0 Å². The molecule has 1 rings (SSSR count). The second-order valence-electron chi connectivity index (χ2n) is 5.16. The zero-order chi connectivity index (χ0) is 12.1. The predicted octanol–water partition coefficient (Wildman–Crippen LogP) is 1.56. The fraction of sp³-hybridized carbons (Fsp3) is 1.00. The summed E-state index contributed by atoms with van der Waals surface area (Å²) < 4.78 is 0. The van der Waals surface area contributed by atoms with Gasteiger partial charge in [0.2, 0.25) is 0 Å². The van der Waals surface area contributed by atoms with Crippen LogP contribution in [0.25, 0.3) is 0 Å². The van der Waals surface area contributed by atoms with Crippen LogP contribution < -0.4 is 0 Å². The van der Waals surface area contributed by atoms with Gasteiger partial charge in [0.15, 0.2) is 0 Å². The Morgan fingerprint density at radius 3 is 2.50 bits per heavy atom. The Bertz CT molecular complexity index is 198. The van der Waals surface area contributed by atoms with Gasteiger partial charge in [0.1, 0.15) is 0 Å². The Morgan fingerprint density at radius 1 is 1.31 bits per heavy atom. The molecule has 3 nitrogen and oxygen atoms in total. The van der Waals surface area contributed by atoms with E-state index in [2.05, 4.69) is 37.6 Å². The molecule has 16 heavy (non-hydrogen) atoms.